The van der Waals surface area contributed by atoms with Gasteiger partial charge in [-0.05, 0) is 44.4 Å². The number of aliphatic hydroxyl groups is 1. The molecule has 6 heteroatoms. The lowest BCUT2D eigenvalue weighted by atomic mass is 10.0. The molecule has 5 nitrogen and oxygen atoms in total. The first-order chi connectivity index (χ1) is 9.32. The van der Waals surface area contributed by atoms with Crippen LogP contribution >= 0.6 is 0 Å². The van der Waals surface area contributed by atoms with Gasteiger partial charge in [0.1, 0.15) is 0 Å². The SMILES string of the molecule is CC(O)c1cccc(S(=O)(=O)NCC2(C)CCCO2)c1. The van der Waals surface area contributed by atoms with E-state index in [0.29, 0.717) is 12.2 Å². The fourth-order valence-electron chi connectivity index (χ4n) is 2.25. The summed E-state index contributed by atoms with van der Waals surface area (Å²) in [6, 6.07) is 6.34. The van der Waals surface area contributed by atoms with Gasteiger partial charge in [0.05, 0.1) is 16.6 Å². The van der Waals surface area contributed by atoms with E-state index in [2.05, 4.69) is 4.72 Å². The molecule has 112 valence electrons. The number of sulfonamides is 1. The number of rotatable bonds is 5. The average Bonchev–Trinajstić information content (AvgIpc) is 2.84. The second-order valence-electron chi connectivity index (χ2n) is 5.47. The second kappa shape index (κ2) is 5.81. The van der Waals surface area contributed by atoms with Crippen LogP contribution in [0.4, 0.5) is 0 Å². The highest BCUT2D eigenvalue weighted by Gasteiger charge is 2.31. The van der Waals surface area contributed by atoms with Gasteiger partial charge in [-0.15, -0.1) is 0 Å². The molecule has 1 heterocycles. The minimum absolute atomic E-state index is 0.164. The maximum absolute atomic E-state index is 12.3. The number of ether oxygens (including phenoxy) is 1. The van der Waals surface area contributed by atoms with Crippen molar-refractivity contribution in [2.75, 3.05) is 13.2 Å². The third-order valence-electron chi connectivity index (χ3n) is 3.59. The van der Waals surface area contributed by atoms with Crippen LogP contribution in [-0.4, -0.2) is 32.3 Å². The summed E-state index contributed by atoms with van der Waals surface area (Å²) < 4.78 is 32.7. The molecule has 0 aliphatic carbocycles. The largest absolute Gasteiger partial charge is 0.389 e. The highest BCUT2D eigenvalue weighted by molar-refractivity contribution is 7.89. The van der Waals surface area contributed by atoms with Crippen LogP contribution in [0.25, 0.3) is 0 Å². The van der Waals surface area contributed by atoms with E-state index in [1.54, 1.807) is 19.1 Å². The third kappa shape index (κ3) is 3.58. The van der Waals surface area contributed by atoms with Crippen molar-refractivity contribution in [3.63, 3.8) is 0 Å². The Morgan fingerprint density at radius 1 is 1.50 bits per heavy atom. The van der Waals surface area contributed by atoms with E-state index in [1.165, 1.54) is 12.1 Å². The van der Waals surface area contributed by atoms with Crippen LogP contribution in [0, 0.1) is 0 Å². The molecule has 1 aliphatic heterocycles. The number of nitrogens with one attached hydrogen (secondary N) is 1. The van der Waals surface area contributed by atoms with E-state index >= 15 is 0 Å². The van der Waals surface area contributed by atoms with Gasteiger partial charge in [-0.3, -0.25) is 0 Å². The molecule has 1 fully saturated rings. The van der Waals surface area contributed by atoms with Crippen molar-refractivity contribution < 1.29 is 18.3 Å². The highest BCUT2D eigenvalue weighted by Crippen LogP contribution is 2.25. The Hall–Kier alpha value is -0.950. The zero-order valence-corrected chi connectivity index (χ0v) is 12.6. The summed E-state index contributed by atoms with van der Waals surface area (Å²) >= 11 is 0. The zero-order valence-electron chi connectivity index (χ0n) is 11.8. The predicted octanol–water partition coefficient (Wildman–Crippen LogP) is 1.59. The molecule has 0 amide bonds. The molecule has 0 saturated carbocycles. The molecule has 0 bridgehead atoms. The number of hydrogen-bond acceptors (Lipinski definition) is 4. The van der Waals surface area contributed by atoms with Crippen molar-refractivity contribution in [1.82, 2.24) is 4.72 Å². The molecule has 1 aromatic carbocycles. The number of aliphatic hydroxyl groups excluding tert-OH is 1. The van der Waals surface area contributed by atoms with Crippen molar-refractivity contribution in [3.05, 3.63) is 29.8 Å². The van der Waals surface area contributed by atoms with Gasteiger partial charge in [-0.2, -0.15) is 0 Å². The molecule has 20 heavy (non-hydrogen) atoms. The Morgan fingerprint density at radius 2 is 2.25 bits per heavy atom. The normalized spacial score (nSPS) is 24.8. The van der Waals surface area contributed by atoms with Crippen molar-refractivity contribution in [2.45, 2.75) is 43.3 Å². The van der Waals surface area contributed by atoms with Crippen LogP contribution in [0.1, 0.15) is 38.4 Å². The molecular weight excluding hydrogens is 278 g/mol. The van der Waals surface area contributed by atoms with Crippen LogP contribution < -0.4 is 4.72 Å². The summed E-state index contributed by atoms with van der Waals surface area (Å²) in [6.07, 6.45) is 1.11. The van der Waals surface area contributed by atoms with Crippen molar-refractivity contribution in [1.29, 1.82) is 0 Å². The molecule has 2 N–H and O–H groups in total. The van der Waals surface area contributed by atoms with Crippen LogP contribution in [0.5, 0.6) is 0 Å². The summed E-state index contributed by atoms with van der Waals surface area (Å²) in [5.74, 6) is 0. The van der Waals surface area contributed by atoms with Crippen molar-refractivity contribution in [2.24, 2.45) is 0 Å². The number of hydrogen-bond donors (Lipinski definition) is 2. The summed E-state index contributed by atoms with van der Waals surface area (Å²) in [5.41, 5.74) is 0.158. The predicted molar refractivity (Wildman–Crippen MR) is 75.9 cm³/mol. The number of benzene rings is 1. The summed E-state index contributed by atoms with van der Waals surface area (Å²) in [4.78, 5) is 0.164. The molecule has 1 aliphatic rings. The van der Waals surface area contributed by atoms with E-state index in [4.69, 9.17) is 4.74 Å². The maximum Gasteiger partial charge on any atom is 0.240 e. The van der Waals surface area contributed by atoms with Crippen LogP contribution in [0.15, 0.2) is 29.2 Å². The Kier molecular flexibility index (Phi) is 4.49. The topological polar surface area (TPSA) is 75.6 Å². The molecule has 0 aromatic heterocycles. The van der Waals surface area contributed by atoms with Crippen molar-refractivity contribution in [3.8, 4) is 0 Å². The molecule has 0 spiro atoms. The Balaban J connectivity index is 2.12. The first kappa shape index (κ1) is 15.4. The van der Waals surface area contributed by atoms with E-state index in [-0.39, 0.29) is 11.4 Å². The average molecular weight is 299 g/mol. The lowest BCUT2D eigenvalue weighted by Gasteiger charge is -2.23. The second-order valence-corrected chi connectivity index (χ2v) is 7.24. The van der Waals surface area contributed by atoms with Gasteiger partial charge in [-0.25, -0.2) is 13.1 Å². The fraction of sp³-hybridized carbons (Fsp3) is 0.571. The molecule has 2 atom stereocenters. The minimum Gasteiger partial charge on any atom is -0.389 e. The first-order valence-corrected chi connectivity index (χ1v) is 8.22. The van der Waals surface area contributed by atoms with Crippen LogP contribution in [0.2, 0.25) is 0 Å². The summed E-state index contributed by atoms with van der Waals surface area (Å²) in [7, 11) is -3.58. The lowest BCUT2D eigenvalue weighted by molar-refractivity contribution is 0.0250. The van der Waals surface area contributed by atoms with Crippen LogP contribution in [0.3, 0.4) is 0 Å². The minimum atomic E-state index is -3.58. The lowest BCUT2D eigenvalue weighted by Crippen LogP contribution is -2.40. The van der Waals surface area contributed by atoms with Gasteiger partial charge in [0, 0.05) is 13.2 Å². The van der Waals surface area contributed by atoms with Gasteiger partial charge in [0.25, 0.3) is 0 Å². The first-order valence-electron chi connectivity index (χ1n) is 6.74. The molecule has 2 unspecified atom stereocenters. The molecule has 1 aromatic rings. The van der Waals surface area contributed by atoms with Crippen molar-refractivity contribution >= 4 is 10.0 Å². The van der Waals surface area contributed by atoms with Gasteiger partial charge < -0.3 is 9.84 Å². The Morgan fingerprint density at radius 3 is 2.85 bits per heavy atom. The van der Waals surface area contributed by atoms with Gasteiger partial charge in [0.2, 0.25) is 10.0 Å². The van der Waals surface area contributed by atoms with E-state index in [9.17, 15) is 13.5 Å². The van der Waals surface area contributed by atoms with Gasteiger partial charge in [-0.1, -0.05) is 12.1 Å². The highest BCUT2D eigenvalue weighted by atomic mass is 32.2. The quantitative estimate of drug-likeness (QED) is 0.865. The standard InChI is InChI=1S/C14H21NO4S/c1-11(16)12-5-3-6-13(9-12)20(17,18)15-10-14(2)7-4-8-19-14/h3,5-6,9,11,15-16H,4,7-8,10H2,1-2H3. The summed E-state index contributed by atoms with van der Waals surface area (Å²) in [6.45, 7) is 4.45. The zero-order chi connectivity index (χ0) is 14.8. The maximum atomic E-state index is 12.3. The molecule has 0 radical (unpaired) electrons. The van der Waals surface area contributed by atoms with E-state index < -0.39 is 21.7 Å². The van der Waals surface area contributed by atoms with E-state index in [0.717, 1.165) is 12.8 Å². The molecule has 2 rings (SSSR count). The van der Waals surface area contributed by atoms with Gasteiger partial charge >= 0.3 is 0 Å². The molecule has 1 saturated heterocycles. The van der Waals surface area contributed by atoms with Crippen LogP contribution in [-0.2, 0) is 14.8 Å². The fourth-order valence-corrected chi connectivity index (χ4v) is 3.46. The Bertz CT molecular complexity index is 562. The third-order valence-corrected chi connectivity index (χ3v) is 4.99. The summed E-state index contributed by atoms with van der Waals surface area (Å²) in [5, 5.41) is 9.52. The smallest absolute Gasteiger partial charge is 0.240 e. The van der Waals surface area contributed by atoms with E-state index in [1.807, 2.05) is 6.92 Å². The monoisotopic (exact) mass is 299 g/mol. The van der Waals surface area contributed by atoms with Gasteiger partial charge in [0.15, 0.2) is 0 Å². The Labute approximate surface area is 120 Å². The molecular formula is C14H21NO4S.